The van der Waals surface area contributed by atoms with E-state index in [1.807, 2.05) is 30.7 Å². The van der Waals surface area contributed by atoms with Crippen LogP contribution in [0.5, 0.6) is 0 Å². The van der Waals surface area contributed by atoms with Gasteiger partial charge in [-0.3, -0.25) is 0 Å². The van der Waals surface area contributed by atoms with Crippen molar-refractivity contribution in [2.75, 3.05) is 6.26 Å². The highest BCUT2D eigenvalue weighted by molar-refractivity contribution is 7.97. The third-order valence-corrected chi connectivity index (χ3v) is 3.74. The average Bonchev–Trinajstić information content (AvgIpc) is 3.07. The van der Waals surface area contributed by atoms with Crippen LogP contribution >= 0.6 is 11.8 Å². The minimum atomic E-state index is -0.280. The number of hydrogen-bond acceptors (Lipinski definition) is 5. The molecule has 0 unspecified atom stereocenters. The summed E-state index contributed by atoms with van der Waals surface area (Å²) in [7, 11) is 0. The van der Waals surface area contributed by atoms with E-state index >= 15 is 0 Å². The maximum absolute atomic E-state index is 6.17. The van der Waals surface area contributed by atoms with Crippen LogP contribution in [0.4, 0.5) is 0 Å². The van der Waals surface area contributed by atoms with Crippen molar-refractivity contribution in [3.05, 3.63) is 47.7 Å². The zero-order chi connectivity index (χ0) is 13.9. The molecule has 20 heavy (non-hydrogen) atoms. The smallest absolute Gasteiger partial charge is 0.243 e. The lowest BCUT2D eigenvalue weighted by Crippen LogP contribution is -2.13. The summed E-state index contributed by atoms with van der Waals surface area (Å²) in [6.07, 6.45) is 4.66. The first-order valence-electron chi connectivity index (χ1n) is 6.40. The van der Waals surface area contributed by atoms with Gasteiger partial charge in [0.1, 0.15) is 0 Å². The van der Waals surface area contributed by atoms with E-state index in [0.717, 1.165) is 16.8 Å². The van der Waals surface area contributed by atoms with Crippen molar-refractivity contribution in [3.8, 4) is 0 Å². The van der Waals surface area contributed by atoms with Gasteiger partial charge >= 0.3 is 0 Å². The monoisotopic (exact) mass is 288 g/mol. The van der Waals surface area contributed by atoms with Gasteiger partial charge in [-0.15, -0.1) is 0 Å². The van der Waals surface area contributed by atoms with E-state index in [9.17, 15) is 0 Å². The topological polar surface area (TPSA) is 80.7 Å². The number of para-hydroxylation sites is 1. The number of nitrogens with zero attached hydrogens (tertiary/aromatic N) is 2. The van der Waals surface area contributed by atoms with Crippen molar-refractivity contribution >= 4 is 22.7 Å². The SMILES string of the molecule is CSCc1noc([C@@H](N)Cc2c[nH]c3ccccc23)n1. The van der Waals surface area contributed by atoms with Gasteiger partial charge in [-0.2, -0.15) is 16.7 Å². The van der Waals surface area contributed by atoms with Crippen molar-refractivity contribution < 1.29 is 4.52 Å². The Balaban J connectivity index is 1.79. The average molecular weight is 288 g/mol. The Hall–Kier alpha value is -1.79. The van der Waals surface area contributed by atoms with Gasteiger partial charge in [-0.25, -0.2) is 0 Å². The van der Waals surface area contributed by atoms with Crippen molar-refractivity contribution in [1.82, 2.24) is 15.1 Å². The van der Waals surface area contributed by atoms with Crippen molar-refractivity contribution in [1.29, 1.82) is 0 Å². The highest BCUT2D eigenvalue weighted by atomic mass is 32.2. The molecule has 0 spiro atoms. The van der Waals surface area contributed by atoms with Gasteiger partial charge < -0.3 is 15.2 Å². The molecule has 3 N–H and O–H groups in total. The molecule has 0 bridgehead atoms. The number of aromatic amines is 1. The number of aromatic nitrogens is 3. The first kappa shape index (κ1) is 13.2. The van der Waals surface area contributed by atoms with Gasteiger partial charge in [0.2, 0.25) is 5.89 Å². The molecule has 5 nitrogen and oxygen atoms in total. The lowest BCUT2D eigenvalue weighted by molar-refractivity contribution is 0.351. The maximum Gasteiger partial charge on any atom is 0.243 e. The van der Waals surface area contributed by atoms with E-state index in [0.29, 0.717) is 18.1 Å². The van der Waals surface area contributed by atoms with E-state index in [4.69, 9.17) is 10.3 Å². The standard InChI is InChI=1S/C14H16N4OS/c1-20-8-13-17-14(19-18-13)11(15)6-9-7-16-12-5-3-2-4-10(9)12/h2-5,7,11,16H,6,8,15H2,1H3/t11-/m0/s1. The second-order valence-electron chi connectivity index (χ2n) is 4.65. The number of nitrogens with two attached hydrogens (primary N) is 1. The fourth-order valence-electron chi connectivity index (χ4n) is 2.23. The van der Waals surface area contributed by atoms with Gasteiger partial charge in [0, 0.05) is 17.1 Å². The number of nitrogens with one attached hydrogen (secondary N) is 1. The van der Waals surface area contributed by atoms with Crippen molar-refractivity contribution in [3.63, 3.8) is 0 Å². The predicted molar refractivity (Wildman–Crippen MR) is 80.4 cm³/mol. The highest BCUT2D eigenvalue weighted by Gasteiger charge is 2.16. The molecule has 0 aliphatic carbocycles. The molecule has 3 aromatic rings. The van der Waals surface area contributed by atoms with Crippen LogP contribution in [0, 0.1) is 0 Å². The molecule has 0 saturated carbocycles. The molecule has 0 aliphatic heterocycles. The van der Waals surface area contributed by atoms with E-state index in [2.05, 4.69) is 21.2 Å². The van der Waals surface area contributed by atoms with Crippen LogP contribution in [0.1, 0.15) is 23.3 Å². The van der Waals surface area contributed by atoms with Gasteiger partial charge in [0.05, 0.1) is 11.8 Å². The Labute approximate surface area is 120 Å². The molecule has 0 amide bonds. The Morgan fingerprint density at radius 2 is 2.25 bits per heavy atom. The van der Waals surface area contributed by atoms with Crippen molar-refractivity contribution in [2.45, 2.75) is 18.2 Å². The fourth-order valence-corrected chi connectivity index (χ4v) is 2.61. The number of fused-ring (bicyclic) bond motifs is 1. The molecule has 0 fully saturated rings. The number of thioether (sulfide) groups is 1. The molecular weight excluding hydrogens is 272 g/mol. The summed E-state index contributed by atoms with van der Waals surface area (Å²) in [6, 6.07) is 7.88. The molecule has 3 rings (SSSR count). The fraction of sp³-hybridized carbons (Fsp3) is 0.286. The summed E-state index contributed by atoms with van der Waals surface area (Å²) in [5, 5.41) is 5.11. The maximum atomic E-state index is 6.17. The Morgan fingerprint density at radius 1 is 1.40 bits per heavy atom. The summed E-state index contributed by atoms with van der Waals surface area (Å²) in [5.41, 5.74) is 8.45. The second-order valence-corrected chi connectivity index (χ2v) is 5.52. The summed E-state index contributed by atoms with van der Waals surface area (Å²) < 4.78 is 5.23. The zero-order valence-corrected chi connectivity index (χ0v) is 12.0. The normalized spacial score (nSPS) is 12.9. The number of rotatable bonds is 5. The van der Waals surface area contributed by atoms with Crippen LogP contribution in [0.3, 0.4) is 0 Å². The Morgan fingerprint density at radius 3 is 3.10 bits per heavy atom. The molecule has 0 aliphatic rings. The minimum absolute atomic E-state index is 0.280. The summed E-state index contributed by atoms with van der Waals surface area (Å²) >= 11 is 1.66. The molecule has 1 atom stereocenters. The van der Waals surface area contributed by atoms with E-state index < -0.39 is 0 Å². The predicted octanol–water partition coefficient (Wildman–Crippen LogP) is 2.66. The third-order valence-electron chi connectivity index (χ3n) is 3.19. The zero-order valence-electron chi connectivity index (χ0n) is 11.2. The molecular formula is C14H16N4OS. The van der Waals surface area contributed by atoms with Crippen LogP contribution in [0.2, 0.25) is 0 Å². The quantitative estimate of drug-likeness (QED) is 0.754. The molecule has 2 aromatic heterocycles. The molecule has 104 valence electrons. The van der Waals surface area contributed by atoms with Gasteiger partial charge in [0.25, 0.3) is 0 Å². The second kappa shape index (κ2) is 5.68. The van der Waals surface area contributed by atoms with Crippen LogP contribution in [0.25, 0.3) is 10.9 Å². The molecule has 1 aromatic carbocycles. The Kier molecular flexibility index (Phi) is 3.75. The molecule has 0 radical (unpaired) electrons. The molecule has 2 heterocycles. The van der Waals surface area contributed by atoms with Crippen LogP contribution in [0.15, 0.2) is 35.0 Å². The number of hydrogen-bond donors (Lipinski definition) is 2. The van der Waals surface area contributed by atoms with Crippen molar-refractivity contribution in [2.24, 2.45) is 5.73 Å². The van der Waals surface area contributed by atoms with Crippen LogP contribution in [-0.4, -0.2) is 21.4 Å². The highest BCUT2D eigenvalue weighted by Crippen LogP contribution is 2.22. The molecule has 6 heteroatoms. The largest absolute Gasteiger partial charge is 0.361 e. The molecule has 0 saturated heterocycles. The van der Waals surface area contributed by atoms with Crippen LogP contribution < -0.4 is 5.73 Å². The number of benzene rings is 1. The summed E-state index contributed by atoms with van der Waals surface area (Å²) in [6.45, 7) is 0. The van der Waals surface area contributed by atoms with Gasteiger partial charge in [-0.05, 0) is 24.3 Å². The lowest BCUT2D eigenvalue weighted by atomic mass is 10.1. The van der Waals surface area contributed by atoms with E-state index in [-0.39, 0.29) is 6.04 Å². The number of H-pyrrole nitrogens is 1. The third kappa shape index (κ3) is 2.57. The van der Waals surface area contributed by atoms with Gasteiger partial charge in [-0.1, -0.05) is 23.4 Å². The van der Waals surface area contributed by atoms with Gasteiger partial charge in [0.15, 0.2) is 5.82 Å². The van der Waals surface area contributed by atoms with E-state index in [1.54, 1.807) is 11.8 Å². The minimum Gasteiger partial charge on any atom is -0.361 e. The Bertz CT molecular complexity index is 706. The lowest BCUT2D eigenvalue weighted by Gasteiger charge is -2.05. The van der Waals surface area contributed by atoms with E-state index in [1.165, 1.54) is 5.39 Å². The summed E-state index contributed by atoms with van der Waals surface area (Å²) in [5.74, 6) is 1.93. The first-order chi connectivity index (χ1) is 9.78. The first-order valence-corrected chi connectivity index (χ1v) is 7.79. The van der Waals surface area contributed by atoms with Crippen LogP contribution in [-0.2, 0) is 12.2 Å². The summed E-state index contributed by atoms with van der Waals surface area (Å²) in [4.78, 5) is 7.57.